The zero-order chi connectivity index (χ0) is 13.7. The number of ether oxygens (including phenoxy) is 1. The first-order valence-electron chi connectivity index (χ1n) is 6.10. The molecule has 0 radical (unpaired) electrons. The average molecular weight is 261 g/mol. The van der Waals surface area contributed by atoms with Gasteiger partial charge in [0.05, 0.1) is 5.69 Å². The van der Waals surface area contributed by atoms with Crippen LogP contribution in [0.5, 0.6) is 0 Å². The average Bonchev–Trinajstić information content (AvgIpc) is 2.40. The topological polar surface area (TPSA) is 47.0 Å². The lowest BCUT2D eigenvalue weighted by molar-refractivity contribution is 0.178. The Labute approximate surface area is 111 Å². The molecule has 0 aliphatic carbocycles. The number of methoxy groups -OCH3 is 1. The second-order valence-electron chi connectivity index (χ2n) is 4.00. The summed E-state index contributed by atoms with van der Waals surface area (Å²) in [7, 11) is 1.58. The van der Waals surface area contributed by atoms with E-state index in [1.165, 1.54) is 6.07 Å². The summed E-state index contributed by atoms with van der Waals surface area (Å²) in [5.41, 5.74) is 1.01. The number of hydrogen-bond acceptors (Lipinski definition) is 4. The molecule has 0 aliphatic heterocycles. The third kappa shape index (κ3) is 3.26. The molecule has 5 heteroatoms. The first-order valence-corrected chi connectivity index (χ1v) is 6.10. The first kappa shape index (κ1) is 13.4. The van der Waals surface area contributed by atoms with Crippen LogP contribution in [0.4, 0.5) is 10.2 Å². The van der Waals surface area contributed by atoms with Crippen LogP contribution in [0.1, 0.15) is 12.7 Å². The summed E-state index contributed by atoms with van der Waals surface area (Å²) in [5.74, 6) is 0.897. The highest BCUT2D eigenvalue weighted by atomic mass is 19.1. The number of benzene rings is 1. The molecule has 0 saturated heterocycles. The first-order chi connectivity index (χ1) is 9.24. The van der Waals surface area contributed by atoms with Gasteiger partial charge >= 0.3 is 0 Å². The molecule has 0 spiro atoms. The molecule has 1 N–H and O–H groups in total. The van der Waals surface area contributed by atoms with Gasteiger partial charge in [-0.1, -0.05) is 12.1 Å². The Morgan fingerprint density at radius 1 is 1.26 bits per heavy atom. The third-order valence-corrected chi connectivity index (χ3v) is 2.55. The molecule has 2 rings (SSSR count). The number of halogens is 1. The van der Waals surface area contributed by atoms with E-state index in [2.05, 4.69) is 15.3 Å². The molecule has 0 saturated carbocycles. The van der Waals surface area contributed by atoms with Gasteiger partial charge in [0, 0.05) is 25.3 Å². The van der Waals surface area contributed by atoms with Gasteiger partial charge in [0.15, 0.2) is 5.82 Å². The van der Waals surface area contributed by atoms with E-state index in [-0.39, 0.29) is 5.82 Å². The predicted molar refractivity (Wildman–Crippen MR) is 72.3 cm³/mol. The smallest absolute Gasteiger partial charge is 0.157 e. The molecular weight excluding hydrogens is 245 g/mol. The van der Waals surface area contributed by atoms with E-state index in [9.17, 15) is 4.39 Å². The molecule has 1 heterocycles. The molecular formula is C14H16FN3O. The maximum absolute atomic E-state index is 13.8. The summed E-state index contributed by atoms with van der Waals surface area (Å²) < 4.78 is 18.8. The molecule has 19 heavy (non-hydrogen) atoms. The Morgan fingerprint density at radius 2 is 2.05 bits per heavy atom. The number of nitrogens with one attached hydrogen (secondary N) is 1. The standard InChI is InChI=1S/C14H16FN3O/c1-3-16-13-8-12(17-14(18-13)9-19-2)10-6-4-5-7-11(10)15/h4-8H,3,9H2,1-2H3,(H,16,17,18). The lowest BCUT2D eigenvalue weighted by Gasteiger charge is -2.09. The van der Waals surface area contributed by atoms with Crippen LogP contribution in [0.2, 0.25) is 0 Å². The van der Waals surface area contributed by atoms with Crippen molar-refractivity contribution in [1.29, 1.82) is 0 Å². The lowest BCUT2D eigenvalue weighted by Crippen LogP contribution is -2.05. The summed E-state index contributed by atoms with van der Waals surface area (Å²) in [4.78, 5) is 8.62. The molecule has 4 nitrogen and oxygen atoms in total. The van der Waals surface area contributed by atoms with E-state index in [1.807, 2.05) is 6.92 Å². The van der Waals surface area contributed by atoms with Crippen molar-refractivity contribution in [2.24, 2.45) is 0 Å². The van der Waals surface area contributed by atoms with Gasteiger partial charge < -0.3 is 10.1 Å². The molecule has 1 aromatic heterocycles. The van der Waals surface area contributed by atoms with E-state index in [1.54, 1.807) is 31.4 Å². The highest BCUT2D eigenvalue weighted by Gasteiger charge is 2.09. The fourth-order valence-corrected chi connectivity index (χ4v) is 1.77. The lowest BCUT2D eigenvalue weighted by atomic mass is 10.1. The Kier molecular flexibility index (Phi) is 4.41. The predicted octanol–water partition coefficient (Wildman–Crippen LogP) is 2.86. The van der Waals surface area contributed by atoms with Crippen LogP contribution in [0.15, 0.2) is 30.3 Å². The maximum atomic E-state index is 13.8. The van der Waals surface area contributed by atoms with Crippen LogP contribution in [0, 0.1) is 5.82 Å². The number of anilines is 1. The van der Waals surface area contributed by atoms with Crippen LogP contribution in [-0.4, -0.2) is 23.6 Å². The number of nitrogens with zero attached hydrogens (tertiary/aromatic N) is 2. The van der Waals surface area contributed by atoms with Crippen molar-refractivity contribution in [2.45, 2.75) is 13.5 Å². The molecule has 100 valence electrons. The quantitative estimate of drug-likeness (QED) is 0.899. The summed E-state index contributed by atoms with van der Waals surface area (Å²) in [6.07, 6.45) is 0. The number of rotatable bonds is 5. The molecule has 2 aromatic rings. The summed E-state index contributed by atoms with van der Waals surface area (Å²) >= 11 is 0. The fraction of sp³-hybridized carbons (Fsp3) is 0.286. The zero-order valence-electron chi connectivity index (χ0n) is 11.0. The monoisotopic (exact) mass is 261 g/mol. The van der Waals surface area contributed by atoms with E-state index in [0.717, 1.165) is 6.54 Å². The minimum atomic E-state index is -0.299. The Hall–Kier alpha value is -2.01. The normalized spacial score (nSPS) is 10.5. The van der Waals surface area contributed by atoms with Crippen molar-refractivity contribution in [3.05, 3.63) is 42.0 Å². The van der Waals surface area contributed by atoms with Gasteiger partial charge in [0.25, 0.3) is 0 Å². The number of aromatic nitrogens is 2. The highest BCUT2D eigenvalue weighted by molar-refractivity contribution is 5.63. The van der Waals surface area contributed by atoms with Crippen molar-refractivity contribution in [1.82, 2.24) is 9.97 Å². The van der Waals surface area contributed by atoms with Gasteiger partial charge in [-0.2, -0.15) is 0 Å². The minimum Gasteiger partial charge on any atom is -0.377 e. The van der Waals surface area contributed by atoms with Crippen molar-refractivity contribution in [3.8, 4) is 11.3 Å². The second kappa shape index (κ2) is 6.24. The fourth-order valence-electron chi connectivity index (χ4n) is 1.77. The molecule has 0 fully saturated rings. The molecule has 0 unspecified atom stereocenters. The van der Waals surface area contributed by atoms with Gasteiger partial charge in [-0.15, -0.1) is 0 Å². The molecule has 0 atom stereocenters. The highest BCUT2D eigenvalue weighted by Crippen LogP contribution is 2.22. The van der Waals surface area contributed by atoms with Gasteiger partial charge in [0.2, 0.25) is 0 Å². The minimum absolute atomic E-state index is 0.292. The van der Waals surface area contributed by atoms with Gasteiger partial charge in [-0.3, -0.25) is 0 Å². The molecule has 1 aromatic carbocycles. The van der Waals surface area contributed by atoms with Crippen molar-refractivity contribution in [3.63, 3.8) is 0 Å². The molecule has 0 aliphatic rings. The molecule has 0 amide bonds. The van der Waals surface area contributed by atoms with E-state index >= 15 is 0 Å². The third-order valence-electron chi connectivity index (χ3n) is 2.55. The van der Waals surface area contributed by atoms with Crippen LogP contribution < -0.4 is 5.32 Å². The summed E-state index contributed by atoms with van der Waals surface area (Å²) in [6, 6.07) is 8.29. The van der Waals surface area contributed by atoms with Crippen LogP contribution in [-0.2, 0) is 11.3 Å². The Bertz CT molecular complexity index is 536. The second-order valence-corrected chi connectivity index (χ2v) is 4.00. The van der Waals surface area contributed by atoms with Crippen LogP contribution in [0.25, 0.3) is 11.3 Å². The Morgan fingerprint density at radius 3 is 2.74 bits per heavy atom. The molecule has 0 bridgehead atoms. The van der Waals surface area contributed by atoms with Gasteiger partial charge in [-0.25, -0.2) is 14.4 Å². The number of hydrogen-bond donors (Lipinski definition) is 1. The van der Waals surface area contributed by atoms with Crippen molar-refractivity contribution in [2.75, 3.05) is 19.0 Å². The van der Waals surface area contributed by atoms with Crippen LogP contribution >= 0.6 is 0 Å². The van der Waals surface area contributed by atoms with E-state index in [4.69, 9.17) is 4.74 Å². The van der Waals surface area contributed by atoms with Crippen molar-refractivity contribution >= 4 is 5.82 Å². The van der Waals surface area contributed by atoms with Crippen LogP contribution in [0.3, 0.4) is 0 Å². The summed E-state index contributed by atoms with van der Waals surface area (Å²) in [5, 5.41) is 3.11. The largest absolute Gasteiger partial charge is 0.377 e. The van der Waals surface area contributed by atoms with E-state index in [0.29, 0.717) is 29.5 Å². The van der Waals surface area contributed by atoms with Gasteiger partial charge in [-0.05, 0) is 19.1 Å². The van der Waals surface area contributed by atoms with Gasteiger partial charge in [0.1, 0.15) is 18.2 Å². The zero-order valence-corrected chi connectivity index (χ0v) is 11.0. The SMILES string of the molecule is CCNc1cc(-c2ccccc2F)nc(COC)n1. The van der Waals surface area contributed by atoms with E-state index < -0.39 is 0 Å². The maximum Gasteiger partial charge on any atom is 0.157 e. The van der Waals surface area contributed by atoms with Crippen molar-refractivity contribution < 1.29 is 9.13 Å². The Balaban J connectivity index is 2.46. The summed E-state index contributed by atoms with van der Waals surface area (Å²) in [6.45, 7) is 3.00.